The lowest BCUT2D eigenvalue weighted by molar-refractivity contribution is 0.572. The molecule has 0 spiro atoms. The zero-order chi connectivity index (χ0) is 51.3. The Morgan fingerprint density at radius 1 is 0.387 bits per heavy atom. The Morgan fingerprint density at radius 3 is 1.63 bits per heavy atom. The smallest absolute Gasteiger partial charge is 0.252 e. The Balaban J connectivity index is 1.08. The molecule has 9 aromatic carbocycles. The number of benzene rings is 9. The Kier molecular flexibility index (Phi) is 9.67. The highest BCUT2D eigenvalue weighted by Gasteiger charge is 2.45. The molecule has 75 heavy (non-hydrogen) atoms. The molecular weight excluding hydrogens is 918 g/mol. The molecular formula is C68H58BN3O3. The van der Waals surface area contributed by atoms with Crippen LogP contribution in [0.3, 0.4) is 0 Å². The van der Waals surface area contributed by atoms with Crippen LogP contribution < -0.4 is 31.1 Å². The first kappa shape index (κ1) is 45.2. The van der Waals surface area contributed by atoms with Crippen molar-refractivity contribution in [3.63, 3.8) is 0 Å². The van der Waals surface area contributed by atoms with Crippen LogP contribution in [0.25, 0.3) is 54.6 Å². The van der Waals surface area contributed by atoms with Crippen LogP contribution in [0.4, 0.5) is 51.2 Å². The van der Waals surface area contributed by atoms with E-state index in [9.17, 15) is 0 Å². The standard InChI is InChI=1S/C68H58BN3O3/c1-66(2,3)43-21-25-46(26-22-43)70(48-30-32-63-53(37-48)51-16-11-12-19-61(51)74-63)49-29-31-54-58(38-49)72(56-18-14-17-52-50-15-10-13-20-62(50)75-65(52)56)60-36-45(68(7,8)9)35-59-64(60)69(54)55-33-41-39-73-40-42(41)34-57(55)71(59)47-27-23-44(24-28-47)67(4,5)6/h10-40H,1-9H3. The van der Waals surface area contributed by atoms with Crippen LogP contribution >= 0.6 is 0 Å². The second-order valence-electron chi connectivity index (χ2n) is 23.9. The number of nitrogens with zero attached hydrogens (tertiary/aromatic N) is 3. The zero-order valence-electron chi connectivity index (χ0n) is 44.0. The van der Waals surface area contributed by atoms with Crippen molar-refractivity contribution in [3.05, 3.63) is 205 Å². The third-order valence-corrected chi connectivity index (χ3v) is 16.0. The van der Waals surface area contributed by atoms with Gasteiger partial charge in [0.2, 0.25) is 0 Å². The van der Waals surface area contributed by atoms with Gasteiger partial charge in [-0.2, -0.15) is 0 Å². The molecule has 5 heterocycles. The minimum atomic E-state index is -0.206. The summed E-state index contributed by atoms with van der Waals surface area (Å²) in [5, 5.41) is 6.50. The molecule has 6 nitrogen and oxygen atoms in total. The van der Waals surface area contributed by atoms with Crippen molar-refractivity contribution in [3.8, 4) is 0 Å². The van der Waals surface area contributed by atoms with Crippen molar-refractivity contribution in [2.75, 3.05) is 14.7 Å². The minimum Gasteiger partial charge on any atom is -0.471 e. The Morgan fingerprint density at radius 2 is 0.933 bits per heavy atom. The van der Waals surface area contributed by atoms with Gasteiger partial charge in [0.15, 0.2) is 5.58 Å². The first-order valence-electron chi connectivity index (χ1n) is 26.3. The average molecular weight is 976 g/mol. The van der Waals surface area contributed by atoms with E-state index < -0.39 is 0 Å². The van der Waals surface area contributed by atoms with E-state index in [-0.39, 0.29) is 23.0 Å². The molecule has 0 bridgehead atoms. The van der Waals surface area contributed by atoms with Crippen LogP contribution in [0.5, 0.6) is 0 Å². The largest absolute Gasteiger partial charge is 0.471 e. The van der Waals surface area contributed by atoms with Crippen molar-refractivity contribution in [1.29, 1.82) is 0 Å². The Hall–Kier alpha value is -8.42. The minimum absolute atomic E-state index is 0.00424. The predicted molar refractivity (Wildman–Crippen MR) is 316 cm³/mol. The summed E-state index contributed by atoms with van der Waals surface area (Å²) in [6.45, 7) is 20.5. The summed E-state index contributed by atoms with van der Waals surface area (Å²) < 4.78 is 19.4. The van der Waals surface area contributed by atoms with Crippen LogP contribution in [0.1, 0.15) is 79.0 Å². The number of anilines is 9. The summed E-state index contributed by atoms with van der Waals surface area (Å²) in [4.78, 5) is 7.44. The summed E-state index contributed by atoms with van der Waals surface area (Å²) >= 11 is 0. The average Bonchev–Trinajstić information content (AvgIpc) is 4.24. The van der Waals surface area contributed by atoms with Gasteiger partial charge in [-0.05, 0) is 140 Å². The molecule has 7 heteroatoms. The van der Waals surface area contributed by atoms with Gasteiger partial charge in [0.05, 0.1) is 18.2 Å². The molecule has 0 aliphatic carbocycles. The normalized spacial score (nSPS) is 13.6. The molecule has 0 atom stereocenters. The molecule has 3 aromatic heterocycles. The highest BCUT2D eigenvalue weighted by Crippen LogP contribution is 2.50. The number of hydrogen-bond donors (Lipinski definition) is 0. The van der Waals surface area contributed by atoms with Crippen molar-refractivity contribution in [2.24, 2.45) is 0 Å². The van der Waals surface area contributed by atoms with Crippen molar-refractivity contribution in [2.45, 2.75) is 78.6 Å². The van der Waals surface area contributed by atoms with Crippen LogP contribution in [0, 0.1) is 0 Å². The van der Waals surface area contributed by atoms with E-state index in [2.05, 4.69) is 247 Å². The fourth-order valence-electron chi connectivity index (χ4n) is 12.0. The van der Waals surface area contributed by atoms with E-state index in [4.69, 9.17) is 13.3 Å². The maximum atomic E-state index is 7.03. The van der Waals surface area contributed by atoms with Gasteiger partial charge in [-0.1, -0.05) is 147 Å². The van der Waals surface area contributed by atoms with Crippen molar-refractivity contribution >= 4 is 129 Å². The molecule has 0 radical (unpaired) electrons. The maximum absolute atomic E-state index is 7.03. The summed E-state index contributed by atoms with van der Waals surface area (Å²) in [7, 11) is 0. The van der Waals surface area contributed by atoms with Gasteiger partial charge < -0.3 is 28.0 Å². The molecule has 0 unspecified atom stereocenters. The number of para-hydroxylation sites is 3. The number of fused-ring (bicyclic) bond motifs is 11. The van der Waals surface area contributed by atoms with E-state index in [0.29, 0.717) is 0 Å². The van der Waals surface area contributed by atoms with Crippen molar-refractivity contribution < 1.29 is 13.3 Å². The molecule has 0 amide bonds. The summed E-state index contributed by atoms with van der Waals surface area (Å²) in [6.07, 6.45) is 3.77. The van der Waals surface area contributed by atoms with Crippen LogP contribution in [-0.2, 0) is 16.2 Å². The molecule has 0 N–H and O–H groups in total. The monoisotopic (exact) mass is 975 g/mol. The molecule has 12 aromatic rings. The lowest BCUT2D eigenvalue weighted by Crippen LogP contribution is -2.61. The fraction of sp³-hybridized carbons (Fsp3) is 0.176. The summed E-state index contributed by atoms with van der Waals surface area (Å²) in [5.74, 6) is 0. The molecule has 0 saturated heterocycles. The van der Waals surface area contributed by atoms with E-state index in [0.717, 1.165) is 100 Å². The third-order valence-electron chi connectivity index (χ3n) is 16.0. The van der Waals surface area contributed by atoms with Gasteiger partial charge in [-0.15, -0.1) is 0 Å². The summed E-state index contributed by atoms with van der Waals surface area (Å²) in [5.41, 5.74) is 20.5. The van der Waals surface area contributed by atoms with Gasteiger partial charge in [0.1, 0.15) is 16.7 Å². The molecule has 366 valence electrons. The first-order valence-corrected chi connectivity index (χ1v) is 26.3. The topological polar surface area (TPSA) is 49.1 Å². The zero-order valence-corrected chi connectivity index (χ0v) is 44.0. The van der Waals surface area contributed by atoms with Crippen molar-refractivity contribution in [1.82, 2.24) is 0 Å². The summed E-state index contributed by atoms with van der Waals surface area (Å²) in [6, 6.07) is 65.1. The Bertz CT molecular complexity index is 4270. The van der Waals surface area contributed by atoms with E-state index in [1.807, 2.05) is 18.6 Å². The second kappa shape index (κ2) is 16.0. The number of hydrogen-bond acceptors (Lipinski definition) is 6. The van der Waals surface area contributed by atoms with E-state index in [1.54, 1.807) is 0 Å². The molecule has 0 fully saturated rings. The highest BCUT2D eigenvalue weighted by molar-refractivity contribution is 7.00. The van der Waals surface area contributed by atoms with Gasteiger partial charge in [-0.3, -0.25) is 0 Å². The van der Waals surface area contributed by atoms with E-state index in [1.165, 1.54) is 38.8 Å². The number of furan rings is 3. The van der Waals surface area contributed by atoms with Gasteiger partial charge in [-0.25, -0.2) is 0 Å². The third kappa shape index (κ3) is 7.08. The Labute approximate surface area is 438 Å². The van der Waals surface area contributed by atoms with Crippen LogP contribution in [-0.4, -0.2) is 6.71 Å². The molecule has 2 aliphatic heterocycles. The SMILES string of the molecule is CC(C)(C)c1ccc(N(c2ccc3c(c2)N(c2cccc4c2oc2ccccc24)c2cc(C(C)(C)C)cc4c2B3c2cc3cocc3cc2N4c2ccc(C(C)(C)C)cc2)c2ccc3oc4ccccc4c3c2)cc1. The van der Waals surface area contributed by atoms with Gasteiger partial charge in [0, 0.05) is 77.8 Å². The molecule has 0 saturated carbocycles. The van der Waals surface area contributed by atoms with Crippen LogP contribution in [0.15, 0.2) is 202 Å². The second-order valence-corrected chi connectivity index (χ2v) is 23.9. The lowest BCUT2D eigenvalue weighted by atomic mass is 9.33. The number of rotatable bonds is 5. The molecule has 14 rings (SSSR count). The van der Waals surface area contributed by atoms with Gasteiger partial charge >= 0.3 is 0 Å². The van der Waals surface area contributed by atoms with Crippen LogP contribution in [0.2, 0.25) is 0 Å². The maximum Gasteiger partial charge on any atom is 0.252 e. The highest BCUT2D eigenvalue weighted by atomic mass is 16.3. The van der Waals surface area contributed by atoms with Gasteiger partial charge in [0.25, 0.3) is 6.71 Å². The first-order chi connectivity index (χ1) is 36.1. The fourth-order valence-corrected chi connectivity index (χ4v) is 12.0. The quantitative estimate of drug-likeness (QED) is 0.160. The predicted octanol–water partition coefficient (Wildman–Crippen LogP) is 17.7. The van der Waals surface area contributed by atoms with E-state index >= 15 is 0 Å². The molecule has 2 aliphatic rings. The lowest BCUT2D eigenvalue weighted by Gasteiger charge is -2.45.